The largest absolute Gasteiger partial charge is 0.504 e. The molecule has 6 heteroatoms. The van der Waals surface area contributed by atoms with Crippen LogP contribution in [0.15, 0.2) is 46.9 Å². The molecular formula is C30H47N3O3. The van der Waals surface area contributed by atoms with Gasteiger partial charge in [0.25, 0.3) is 5.56 Å². The van der Waals surface area contributed by atoms with Crippen LogP contribution in [0.5, 0.6) is 11.5 Å². The van der Waals surface area contributed by atoms with Gasteiger partial charge in [0.2, 0.25) is 0 Å². The van der Waals surface area contributed by atoms with Crippen LogP contribution in [0.4, 0.5) is 0 Å². The van der Waals surface area contributed by atoms with Gasteiger partial charge in [-0.15, -0.1) is 0 Å². The lowest BCUT2D eigenvalue weighted by atomic mass is 9.97. The molecule has 0 radical (unpaired) electrons. The highest BCUT2D eigenvalue weighted by atomic mass is 16.5. The first-order valence-corrected chi connectivity index (χ1v) is 13.1. The second-order valence-electron chi connectivity index (χ2n) is 8.69. The van der Waals surface area contributed by atoms with Gasteiger partial charge >= 0.3 is 0 Å². The van der Waals surface area contributed by atoms with Gasteiger partial charge in [0.05, 0.1) is 7.11 Å². The van der Waals surface area contributed by atoms with Crippen molar-refractivity contribution in [1.82, 2.24) is 14.8 Å². The normalized spacial score (nSPS) is 14.1. The minimum Gasteiger partial charge on any atom is -0.504 e. The van der Waals surface area contributed by atoms with Crippen molar-refractivity contribution in [1.29, 1.82) is 0 Å². The molecule has 0 aliphatic carbocycles. The molecule has 6 nitrogen and oxygen atoms in total. The highest BCUT2D eigenvalue weighted by Gasteiger charge is 2.14. The van der Waals surface area contributed by atoms with Crippen molar-refractivity contribution in [2.24, 2.45) is 7.05 Å². The Morgan fingerprint density at radius 1 is 1.14 bits per heavy atom. The van der Waals surface area contributed by atoms with Crippen molar-refractivity contribution < 1.29 is 9.84 Å². The first-order chi connectivity index (χ1) is 17.3. The molecule has 3 rings (SSSR count). The zero-order valence-electron chi connectivity index (χ0n) is 23.6. The Labute approximate surface area is 218 Å². The van der Waals surface area contributed by atoms with E-state index in [1.54, 1.807) is 23.7 Å². The van der Waals surface area contributed by atoms with E-state index in [0.717, 1.165) is 55.0 Å². The molecular weight excluding hydrogens is 450 g/mol. The van der Waals surface area contributed by atoms with Gasteiger partial charge < -0.3 is 19.7 Å². The maximum atomic E-state index is 12.8. The molecule has 2 N–H and O–H groups in total. The van der Waals surface area contributed by atoms with Gasteiger partial charge in [0, 0.05) is 57.1 Å². The third kappa shape index (κ3) is 9.32. The van der Waals surface area contributed by atoms with Crippen LogP contribution in [-0.2, 0) is 7.05 Å². The van der Waals surface area contributed by atoms with E-state index < -0.39 is 0 Å². The first kappa shape index (κ1) is 31.2. The van der Waals surface area contributed by atoms with Gasteiger partial charge in [-0.05, 0) is 56.0 Å². The lowest BCUT2D eigenvalue weighted by Gasteiger charge is -2.27. The fourth-order valence-corrected chi connectivity index (χ4v) is 4.01. The number of hydrogen-bond donors (Lipinski definition) is 2. The van der Waals surface area contributed by atoms with Crippen LogP contribution in [0.25, 0.3) is 17.2 Å². The van der Waals surface area contributed by atoms with Crippen molar-refractivity contribution in [3.8, 4) is 22.6 Å². The minimum absolute atomic E-state index is 0.0151. The van der Waals surface area contributed by atoms with Crippen molar-refractivity contribution >= 4 is 6.08 Å². The van der Waals surface area contributed by atoms with Gasteiger partial charge in [0.1, 0.15) is 0 Å². The highest BCUT2D eigenvalue weighted by Crippen LogP contribution is 2.33. The number of aryl methyl sites for hydroxylation is 1. The summed E-state index contributed by atoms with van der Waals surface area (Å²) in [5, 5.41) is 13.5. The Morgan fingerprint density at radius 3 is 2.28 bits per heavy atom. The number of phenols is 1. The van der Waals surface area contributed by atoms with Gasteiger partial charge in [-0.25, -0.2) is 0 Å². The van der Waals surface area contributed by atoms with Crippen molar-refractivity contribution in [3.05, 3.63) is 63.6 Å². The summed E-state index contributed by atoms with van der Waals surface area (Å²) in [5.41, 5.74) is 4.52. The van der Waals surface area contributed by atoms with E-state index in [1.807, 2.05) is 39.1 Å². The standard InChI is InChI=1S/C22H29N3O3.C6H12.C2H6/c1-15(13-25-9-7-23-8-10-25)11-18-16(2)19(14-24(3)22(18)27)17-5-6-21(28-4)20(26)12-17;1-3-5-6-4-2;1-2/h5-6,11-12,14,23,26H,7-10,13H2,1-4H3;5-6H,3-4H2,1-2H3;1-2H3/b15-11+;;. The lowest BCUT2D eigenvalue weighted by molar-refractivity contribution is 0.260. The molecule has 1 aliphatic rings. The minimum atomic E-state index is -0.0151. The van der Waals surface area contributed by atoms with E-state index in [1.165, 1.54) is 20.0 Å². The summed E-state index contributed by atoms with van der Waals surface area (Å²) in [5.74, 6) is 0.512. The lowest BCUT2D eigenvalue weighted by Crippen LogP contribution is -2.43. The molecule has 0 bridgehead atoms. The molecule has 1 aliphatic heterocycles. The zero-order chi connectivity index (χ0) is 27.1. The molecule has 0 saturated carbocycles. The number of allylic oxidation sites excluding steroid dienone is 2. The van der Waals surface area contributed by atoms with Crippen LogP contribution in [0.1, 0.15) is 58.6 Å². The SMILES string of the molecule is CC.CCC=CCC.COc1ccc(-c2cn(C)c(=O)c(/C=C(\C)CN3CCNCC3)c2C)cc1O. The van der Waals surface area contributed by atoms with Crippen LogP contribution >= 0.6 is 0 Å². The zero-order valence-corrected chi connectivity index (χ0v) is 23.6. The molecule has 200 valence electrons. The molecule has 1 aromatic carbocycles. The van der Waals surface area contributed by atoms with E-state index in [9.17, 15) is 9.90 Å². The van der Waals surface area contributed by atoms with Gasteiger partial charge in [-0.3, -0.25) is 9.69 Å². The van der Waals surface area contributed by atoms with E-state index in [4.69, 9.17) is 4.74 Å². The number of nitrogens with zero attached hydrogens (tertiary/aromatic N) is 2. The Morgan fingerprint density at radius 2 is 1.75 bits per heavy atom. The first-order valence-electron chi connectivity index (χ1n) is 13.1. The molecule has 36 heavy (non-hydrogen) atoms. The van der Waals surface area contributed by atoms with Crippen LogP contribution in [0.3, 0.4) is 0 Å². The highest BCUT2D eigenvalue weighted by molar-refractivity contribution is 5.73. The number of hydrogen-bond acceptors (Lipinski definition) is 5. The molecule has 1 saturated heterocycles. The molecule has 1 aromatic heterocycles. The summed E-state index contributed by atoms with van der Waals surface area (Å²) >= 11 is 0. The predicted octanol–water partition coefficient (Wildman–Crippen LogP) is 5.77. The molecule has 0 spiro atoms. The second kappa shape index (κ2) is 16.8. The van der Waals surface area contributed by atoms with Gasteiger partial charge in [0.15, 0.2) is 11.5 Å². The van der Waals surface area contributed by atoms with Crippen molar-refractivity contribution in [2.45, 2.75) is 54.4 Å². The third-order valence-corrected chi connectivity index (χ3v) is 5.88. The van der Waals surface area contributed by atoms with Crippen LogP contribution in [0.2, 0.25) is 0 Å². The average Bonchev–Trinajstić information content (AvgIpc) is 2.89. The number of pyridine rings is 1. The van der Waals surface area contributed by atoms with E-state index >= 15 is 0 Å². The van der Waals surface area contributed by atoms with E-state index in [2.05, 4.69) is 43.1 Å². The van der Waals surface area contributed by atoms with Crippen molar-refractivity contribution in [3.63, 3.8) is 0 Å². The average molecular weight is 498 g/mol. The summed E-state index contributed by atoms with van der Waals surface area (Å²) < 4.78 is 6.74. The summed E-state index contributed by atoms with van der Waals surface area (Å²) in [6.45, 7) is 17.2. The third-order valence-electron chi connectivity index (χ3n) is 5.88. The number of nitrogens with one attached hydrogen (secondary N) is 1. The van der Waals surface area contributed by atoms with Gasteiger partial charge in [-0.1, -0.05) is 51.5 Å². The number of aromatic nitrogens is 1. The fraction of sp³-hybridized carbons (Fsp3) is 0.500. The summed E-state index contributed by atoms with van der Waals surface area (Å²) in [6.07, 6.45) is 10.5. The maximum absolute atomic E-state index is 12.8. The molecule has 2 heterocycles. The molecule has 0 amide bonds. The number of rotatable bonds is 7. The van der Waals surface area contributed by atoms with E-state index in [-0.39, 0.29) is 11.3 Å². The number of piperazine rings is 1. The molecule has 2 aromatic rings. The number of phenolic OH excluding ortho intramolecular Hbond substituents is 1. The smallest absolute Gasteiger partial charge is 0.257 e. The van der Waals surface area contributed by atoms with Crippen LogP contribution < -0.4 is 15.6 Å². The molecule has 0 atom stereocenters. The van der Waals surface area contributed by atoms with Crippen LogP contribution in [0, 0.1) is 6.92 Å². The monoisotopic (exact) mass is 497 g/mol. The maximum Gasteiger partial charge on any atom is 0.257 e. The van der Waals surface area contributed by atoms with E-state index in [0.29, 0.717) is 11.3 Å². The van der Waals surface area contributed by atoms with Crippen LogP contribution in [-0.4, -0.2) is 54.4 Å². The summed E-state index contributed by atoms with van der Waals surface area (Å²) in [7, 11) is 3.29. The predicted molar refractivity (Wildman–Crippen MR) is 154 cm³/mol. The number of aromatic hydroxyl groups is 1. The Balaban J connectivity index is 0.000000710. The fourth-order valence-electron chi connectivity index (χ4n) is 4.01. The second-order valence-corrected chi connectivity index (χ2v) is 8.69. The van der Waals surface area contributed by atoms with Crippen molar-refractivity contribution in [2.75, 3.05) is 39.8 Å². The topological polar surface area (TPSA) is 66.7 Å². The summed E-state index contributed by atoms with van der Waals surface area (Å²) in [6, 6.07) is 5.31. The Kier molecular flexibility index (Phi) is 14.5. The number of benzene rings is 1. The number of ether oxygens (including phenoxy) is 1. The Hall–Kier alpha value is -2.83. The Bertz CT molecular complexity index is 1040. The van der Waals surface area contributed by atoms with Gasteiger partial charge in [-0.2, -0.15) is 0 Å². The molecule has 1 fully saturated rings. The number of methoxy groups -OCH3 is 1. The quantitative estimate of drug-likeness (QED) is 0.475. The summed E-state index contributed by atoms with van der Waals surface area (Å²) in [4.78, 5) is 15.2. The molecule has 0 unspecified atom stereocenters.